The van der Waals surface area contributed by atoms with E-state index in [9.17, 15) is 9.59 Å². The van der Waals surface area contributed by atoms with Crippen LogP contribution in [0.15, 0.2) is 5.38 Å². The van der Waals surface area contributed by atoms with Crippen molar-refractivity contribution in [3.8, 4) is 0 Å². The summed E-state index contributed by atoms with van der Waals surface area (Å²) in [6.07, 6.45) is 5.64. The van der Waals surface area contributed by atoms with Crippen LogP contribution in [0.1, 0.15) is 61.4 Å². The van der Waals surface area contributed by atoms with Gasteiger partial charge in [-0.05, 0) is 39.0 Å². The van der Waals surface area contributed by atoms with Crippen LogP contribution in [0.2, 0.25) is 0 Å². The van der Waals surface area contributed by atoms with Gasteiger partial charge in [-0.3, -0.25) is 9.59 Å². The number of thiazole rings is 1. The Balaban J connectivity index is 1.70. The highest BCUT2D eigenvalue weighted by molar-refractivity contribution is 7.09. The molecular formula is C18H27N3O2S. The quantitative estimate of drug-likeness (QED) is 0.840. The van der Waals surface area contributed by atoms with Crippen molar-refractivity contribution in [2.75, 3.05) is 26.2 Å². The number of hydrogen-bond donors (Lipinski definition) is 0. The minimum atomic E-state index is 0.0626. The summed E-state index contributed by atoms with van der Waals surface area (Å²) < 4.78 is 0. The van der Waals surface area contributed by atoms with Crippen molar-refractivity contribution in [2.24, 2.45) is 5.41 Å². The summed E-state index contributed by atoms with van der Waals surface area (Å²) >= 11 is 1.59. The van der Waals surface area contributed by atoms with E-state index in [1.807, 2.05) is 22.1 Å². The summed E-state index contributed by atoms with van der Waals surface area (Å²) in [5, 5.41) is 2.95. The van der Waals surface area contributed by atoms with Gasteiger partial charge in [-0.1, -0.05) is 6.92 Å². The summed E-state index contributed by atoms with van der Waals surface area (Å²) in [7, 11) is 0. The fraction of sp³-hybridized carbons (Fsp3) is 0.722. The molecule has 5 nitrogen and oxygen atoms in total. The summed E-state index contributed by atoms with van der Waals surface area (Å²) in [4.78, 5) is 33.3. The van der Waals surface area contributed by atoms with Crippen molar-refractivity contribution in [3.05, 3.63) is 16.1 Å². The molecule has 3 heterocycles. The van der Waals surface area contributed by atoms with Crippen LogP contribution in [0.4, 0.5) is 0 Å². The molecule has 1 aromatic heterocycles. The molecule has 0 bridgehead atoms. The van der Waals surface area contributed by atoms with Crippen molar-refractivity contribution >= 4 is 23.2 Å². The zero-order valence-electron chi connectivity index (χ0n) is 14.7. The van der Waals surface area contributed by atoms with Gasteiger partial charge in [-0.15, -0.1) is 11.3 Å². The second-order valence-corrected chi connectivity index (χ2v) is 8.06. The molecule has 1 atom stereocenters. The number of carbonyl (C=O) groups excluding carboxylic acids is 2. The largest absolute Gasteiger partial charge is 0.342 e. The van der Waals surface area contributed by atoms with Gasteiger partial charge in [-0.2, -0.15) is 0 Å². The molecule has 3 rings (SSSR count). The van der Waals surface area contributed by atoms with Crippen LogP contribution in [-0.2, 0) is 11.2 Å². The third-order valence-corrected chi connectivity index (χ3v) is 6.22. The first kappa shape index (κ1) is 17.4. The molecule has 1 spiro atoms. The van der Waals surface area contributed by atoms with Crippen molar-refractivity contribution in [2.45, 2.75) is 52.4 Å². The molecule has 132 valence electrons. The maximum absolute atomic E-state index is 12.8. The molecule has 2 fully saturated rings. The second-order valence-electron chi connectivity index (χ2n) is 7.11. The number of aryl methyl sites for hydroxylation is 1. The average molecular weight is 350 g/mol. The van der Waals surface area contributed by atoms with E-state index in [0.717, 1.165) is 63.3 Å². The van der Waals surface area contributed by atoms with Crippen molar-refractivity contribution < 1.29 is 9.59 Å². The van der Waals surface area contributed by atoms with Gasteiger partial charge in [-0.25, -0.2) is 4.98 Å². The Kier molecular flexibility index (Phi) is 5.23. The Labute approximate surface area is 148 Å². The first-order chi connectivity index (χ1) is 11.6. The Morgan fingerprint density at radius 1 is 1.33 bits per heavy atom. The highest BCUT2D eigenvalue weighted by atomic mass is 32.1. The highest BCUT2D eigenvalue weighted by Gasteiger charge is 2.42. The minimum absolute atomic E-state index is 0.0626. The molecule has 0 unspecified atom stereocenters. The van der Waals surface area contributed by atoms with E-state index in [2.05, 4.69) is 11.9 Å². The molecule has 24 heavy (non-hydrogen) atoms. The van der Waals surface area contributed by atoms with Crippen molar-refractivity contribution in [3.63, 3.8) is 0 Å². The molecule has 0 N–H and O–H groups in total. The van der Waals surface area contributed by atoms with Crippen LogP contribution < -0.4 is 0 Å². The van der Waals surface area contributed by atoms with Gasteiger partial charge in [0.05, 0.1) is 5.01 Å². The summed E-state index contributed by atoms with van der Waals surface area (Å²) in [5.41, 5.74) is 0.680. The maximum atomic E-state index is 12.8. The van der Waals surface area contributed by atoms with Crippen LogP contribution in [0, 0.1) is 5.41 Å². The van der Waals surface area contributed by atoms with E-state index >= 15 is 0 Å². The number of aromatic nitrogens is 1. The number of piperidine rings is 2. The van der Waals surface area contributed by atoms with Crippen LogP contribution in [0.5, 0.6) is 0 Å². The van der Waals surface area contributed by atoms with E-state index in [1.165, 1.54) is 0 Å². The predicted molar refractivity (Wildman–Crippen MR) is 95.2 cm³/mol. The zero-order chi connectivity index (χ0) is 17.2. The van der Waals surface area contributed by atoms with E-state index in [0.29, 0.717) is 12.1 Å². The van der Waals surface area contributed by atoms with E-state index in [-0.39, 0.29) is 17.2 Å². The van der Waals surface area contributed by atoms with Crippen LogP contribution in [-0.4, -0.2) is 52.8 Å². The molecule has 2 amide bonds. The van der Waals surface area contributed by atoms with Crippen LogP contribution in [0.3, 0.4) is 0 Å². The molecule has 6 heteroatoms. The van der Waals surface area contributed by atoms with Gasteiger partial charge >= 0.3 is 0 Å². The smallest absolute Gasteiger partial charge is 0.273 e. The predicted octanol–water partition coefficient (Wildman–Crippen LogP) is 2.96. The van der Waals surface area contributed by atoms with Crippen LogP contribution in [0.25, 0.3) is 0 Å². The SMILES string of the molecule is CCCc1nc(C(=O)N2CCC[C@@]3(CCC(=O)N(CC)C3)C2)cs1. The lowest BCUT2D eigenvalue weighted by atomic mass is 9.73. The topological polar surface area (TPSA) is 53.5 Å². The summed E-state index contributed by atoms with van der Waals surface area (Å²) in [6, 6.07) is 0. The lowest BCUT2D eigenvalue weighted by Crippen LogP contribution is -2.55. The van der Waals surface area contributed by atoms with Gasteiger partial charge in [0.15, 0.2) is 0 Å². The zero-order valence-corrected chi connectivity index (χ0v) is 15.5. The maximum Gasteiger partial charge on any atom is 0.273 e. The van der Waals surface area contributed by atoms with Crippen molar-refractivity contribution in [1.82, 2.24) is 14.8 Å². The summed E-state index contributed by atoms with van der Waals surface area (Å²) in [6.45, 7) is 7.29. The Hall–Kier alpha value is -1.43. The third kappa shape index (κ3) is 3.48. The van der Waals surface area contributed by atoms with E-state index in [1.54, 1.807) is 11.3 Å². The molecule has 0 aliphatic carbocycles. The van der Waals surface area contributed by atoms with E-state index < -0.39 is 0 Å². The fourth-order valence-corrected chi connectivity index (χ4v) is 4.88. The number of hydrogen-bond acceptors (Lipinski definition) is 4. The molecule has 2 saturated heterocycles. The molecule has 2 aliphatic rings. The van der Waals surface area contributed by atoms with Gasteiger partial charge in [0, 0.05) is 43.4 Å². The highest BCUT2D eigenvalue weighted by Crippen LogP contribution is 2.39. The number of amides is 2. The molecule has 1 aromatic rings. The Bertz CT molecular complexity index is 615. The molecular weight excluding hydrogens is 322 g/mol. The number of carbonyl (C=O) groups is 2. The van der Waals surface area contributed by atoms with Gasteiger partial charge < -0.3 is 9.80 Å². The molecule has 0 radical (unpaired) electrons. The lowest BCUT2D eigenvalue weighted by molar-refractivity contribution is -0.138. The second kappa shape index (κ2) is 7.21. The van der Waals surface area contributed by atoms with Gasteiger partial charge in [0.25, 0.3) is 5.91 Å². The average Bonchev–Trinajstić information content (AvgIpc) is 3.06. The molecule has 0 aromatic carbocycles. The third-order valence-electron chi connectivity index (χ3n) is 5.31. The summed E-state index contributed by atoms with van der Waals surface area (Å²) in [5.74, 6) is 0.322. The van der Waals surface area contributed by atoms with Crippen LogP contribution >= 0.6 is 11.3 Å². The first-order valence-corrected chi connectivity index (χ1v) is 9.96. The number of nitrogens with zero attached hydrogens (tertiary/aromatic N) is 3. The van der Waals surface area contributed by atoms with E-state index in [4.69, 9.17) is 0 Å². The first-order valence-electron chi connectivity index (χ1n) is 9.08. The Morgan fingerprint density at radius 2 is 2.17 bits per heavy atom. The standard InChI is InChI=1S/C18H27N3O2S/c1-3-6-15-19-14(11-24-15)17(23)21-10-5-8-18(13-21)9-7-16(22)20(4-2)12-18/h11H,3-10,12-13H2,1-2H3/t18-/m0/s1. The fourth-order valence-electron chi connectivity index (χ4n) is 4.00. The van der Waals surface area contributed by atoms with Crippen molar-refractivity contribution in [1.29, 1.82) is 0 Å². The minimum Gasteiger partial charge on any atom is -0.342 e. The number of likely N-dealkylation sites (tertiary alicyclic amines) is 2. The molecule has 0 saturated carbocycles. The lowest BCUT2D eigenvalue weighted by Gasteiger charge is -2.48. The Morgan fingerprint density at radius 3 is 2.92 bits per heavy atom. The monoisotopic (exact) mass is 349 g/mol. The van der Waals surface area contributed by atoms with Gasteiger partial charge in [0.1, 0.15) is 5.69 Å². The molecule has 2 aliphatic heterocycles. The van der Waals surface area contributed by atoms with Gasteiger partial charge in [0.2, 0.25) is 5.91 Å². The normalized spacial score (nSPS) is 24.7. The number of rotatable bonds is 4.